The number of hydrogen-bond acceptors (Lipinski definition) is 1. The van der Waals surface area contributed by atoms with Gasteiger partial charge in [0.15, 0.2) is 0 Å². The highest BCUT2D eigenvalue weighted by molar-refractivity contribution is 5.72. The molecule has 0 aromatic rings. The number of unbranched alkanes of at least 4 members (excludes halogenated alkanes) is 1. The summed E-state index contributed by atoms with van der Waals surface area (Å²) in [5.41, 5.74) is 4.77. The molecule has 0 spiro atoms. The predicted octanol–water partition coefficient (Wildman–Crippen LogP) is 0.969. The van der Waals surface area contributed by atoms with Gasteiger partial charge in [-0.15, -0.1) is 0 Å². The van der Waals surface area contributed by atoms with Gasteiger partial charge in [-0.25, -0.2) is 4.79 Å². The van der Waals surface area contributed by atoms with Crippen molar-refractivity contribution in [2.45, 2.75) is 19.8 Å². The van der Waals surface area contributed by atoms with Gasteiger partial charge in [-0.05, 0) is 6.42 Å². The maximum absolute atomic E-state index is 10.0. The van der Waals surface area contributed by atoms with E-state index < -0.39 is 6.03 Å². The Bertz CT molecular complexity index is 110. The van der Waals surface area contributed by atoms with Gasteiger partial charge in [0.1, 0.15) is 0 Å². The third-order valence-corrected chi connectivity index (χ3v) is 0.799. The van der Waals surface area contributed by atoms with E-state index in [0.717, 1.165) is 12.8 Å². The SMILES string of the molecule is CCCC=CNC(N)=O. The first-order chi connectivity index (χ1) is 4.27. The van der Waals surface area contributed by atoms with Crippen molar-refractivity contribution in [3.05, 3.63) is 12.3 Å². The van der Waals surface area contributed by atoms with E-state index in [1.807, 2.05) is 6.08 Å². The highest BCUT2D eigenvalue weighted by Crippen LogP contribution is 1.85. The maximum atomic E-state index is 10.0. The van der Waals surface area contributed by atoms with E-state index in [1.165, 1.54) is 0 Å². The average molecular weight is 128 g/mol. The van der Waals surface area contributed by atoms with E-state index in [1.54, 1.807) is 6.20 Å². The van der Waals surface area contributed by atoms with Crippen LogP contribution < -0.4 is 11.1 Å². The van der Waals surface area contributed by atoms with E-state index in [-0.39, 0.29) is 0 Å². The highest BCUT2D eigenvalue weighted by Gasteiger charge is 1.80. The van der Waals surface area contributed by atoms with Crippen molar-refractivity contribution in [1.82, 2.24) is 5.32 Å². The Morgan fingerprint density at radius 1 is 1.78 bits per heavy atom. The number of urea groups is 1. The molecule has 52 valence electrons. The number of carbonyl (C=O) groups is 1. The zero-order valence-corrected chi connectivity index (χ0v) is 5.55. The minimum absolute atomic E-state index is 0.512. The van der Waals surface area contributed by atoms with Crippen LogP contribution in [0.25, 0.3) is 0 Å². The normalized spacial score (nSPS) is 9.89. The Hall–Kier alpha value is -0.990. The van der Waals surface area contributed by atoms with Crippen LogP contribution >= 0.6 is 0 Å². The molecule has 0 unspecified atom stereocenters. The number of allylic oxidation sites excluding steroid dienone is 1. The molecule has 2 amide bonds. The molecule has 0 bridgehead atoms. The molecule has 0 saturated heterocycles. The van der Waals surface area contributed by atoms with Crippen LogP contribution in [-0.2, 0) is 0 Å². The first kappa shape index (κ1) is 8.01. The second-order valence-electron chi connectivity index (χ2n) is 1.70. The molecule has 3 heteroatoms. The van der Waals surface area contributed by atoms with Gasteiger partial charge < -0.3 is 11.1 Å². The fourth-order valence-electron chi connectivity index (χ4n) is 0.391. The third-order valence-electron chi connectivity index (χ3n) is 0.799. The van der Waals surface area contributed by atoms with Crippen molar-refractivity contribution in [2.24, 2.45) is 5.73 Å². The van der Waals surface area contributed by atoms with Crippen LogP contribution in [0.2, 0.25) is 0 Å². The number of amides is 2. The summed E-state index contributed by atoms with van der Waals surface area (Å²) in [6.45, 7) is 2.06. The van der Waals surface area contributed by atoms with Gasteiger partial charge in [-0.1, -0.05) is 19.4 Å². The lowest BCUT2D eigenvalue weighted by Gasteiger charge is -1.88. The quantitative estimate of drug-likeness (QED) is 0.584. The molecule has 0 fully saturated rings. The van der Waals surface area contributed by atoms with Gasteiger partial charge in [0.25, 0.3) is 0 Å². The van der Waals surface area contributed by atoms with E-state index in [4.69, 9.17) is 5.73 Å². The van der Waals surface area contributed by atoms with Crippen molar-refractivity contribution in [2.75, 3.05) is 0 Å². The molecule has 9 heavy (non-hydrogen) atoms. The molecule has 0 radical (unpaired) electrons. The minimum Gasteiger partial charge on any atom is -0.351 e. The summed E-state index contributed by atoms with van der Waals surface area (Å²) in [5, 5.41) is 2.34. The lowest BCUT2D eigenvalue weighted by molar-refractivity contribution is 0.252. The van der Waals surface area contributed by atoms with Crippen molar-refractivity contribution in [3.8, 4) is 0 Å². The highest BCUT2D eigenvalue weighted by atomic mass is 16.2. The van der Waals surface area contributed by atoms with Gasteiger partial charge in [0.05, 0.1) is 0 Å². The molecular formula is C6H12N2O. The number of primary amides is 1. The van der Waals surface area contributed by atoms with Crippen molar-refractivity contribution < 1.29 is 4.79 Å². The molecule has 3 N–H and O–H groups in total. The van der Waals surface area contributed by atoms with Crippen LogP contribution in [0.4, 0.5) is 4.79 Å². The Kier molecular flexibility index (Phi) is 4.59. The minimum atomic E-state index is -0.512. The van der Waals surface area contributed by atoms with Gasteiger partial charge >= 0.3 is 6.03 Å². The summed E-state index contributed by atoms with van der Waals surface area (Å²) in [4.78, 5) is 10.0. The molecule has 0 atom stereocenters. The molecule has 0 aromatic carbocycles. The Morgan fingerprint density at radius 3 is 2.89 bits per heavy atom. The summed E-state index contributed by atoms with van der Waals surface area (Å²) in [7, 11) is 0. The standard InChI is InChI=1S/C6H12N2O/c1-2-3-4-5-8-6(7)9/h4-5H,2-3H2,1H3,(H3,7,8,9). The summed E-state index contributed by atoms with van der Waals surface area (Å²) < 4.78 is 0. The zero-order valence-electron chi connectivity index (χ0n) is 5.55. The Morgan fingerprint density at radius 2 is 2.44 bits per heavy atom. The molecule has 0 aromatic heterocycles. The van der Waals surface area contributed by atoms with Gasteiger partial charge in [0.2, 0.25) is 0 Å². The zero-order chi connectivity index (χ0) is 7.11. The molecule has 3 nitrogen and oxygen atoms in total. The number of carbonyl (C=O) groups excluding carboxylic acids is 1. The van der Waals surface area contributed by atoms with Crippen LogP contribution in [-0.4, -0.2) is 6.03 Å². The van der Waals surface area contributed by atoms with Gasteiger partial charge in [-0.2, -0.15) is 0 Å². The molecule has 0 aliphatic rings. The van der Waals surface area contributed by atoms with Crippen molar-refractivity contribution in [1.29, 1.82) is 0 Å². The van der Waals surface area contributed by atoms with Crippen molar-refractivity contribution in [3.63, 3.8) is 0 Å². The smallest absolute Gasteiger partial charge is 0.316 e. The molecule has 0 heterocycles. The van der Waals surface area contributed by atoms with Crippen LogP contribution in [0.3, 0.4) is 0 Å². The number of nitrogens with two attached hydrogens (primary N) is 1. The fourth-order valence-corrected chi connectivity index (χ4v) is 0.391. The summed E-state index contributed by atoms with van der Waals surface area (Å²) in [6, 6.07) is -0.512. The number of rotatable bonds is 3. The van der Waals surface area contributed by atoms with E-state index in [0.29, 0.717) is 0 Å². The summed E-state index contributed by atoms with van der Waals surface area (Å²) in [6.07, 6.45) is 5.48. The third kappa shape index (κ3) is 7.01. The van der Waals surface area contributed by atoms with Crippen LogP contribution in [0.1, 0.15) is 19.8 Å². The molecule has 0 rings (SSSR count). The largest absolute Gasteiger partial charge is 0.351 e. The van der Waals surface area contributed by atoms with Crippen LogP contribution in [0.5, 0.6) is 0 Å². The molecule has 0 saturated carbocycles. The monoisotopic (exact) mass is 128 g/mol. The van der Waals surface area contributed by atoms with Crippen molar-refractivity contribution >= 4 is 6.03 Å². The molecule has 0 aliphatic heterocycles. The predicted molar refractivity (Wildman–Crippen MR) is 36.8 cm³/mol. The van der Waals surface area contributed by atoms with E-state index in [2.05, 4.69) is 12.2 Å². The average Bonchev–Trinajstić information content (AvgIpc) is 1.80. The number of nitrogens with one attached hydrogen (secondary N) is 1. The lowest BCUT2D eigenvalue weighted by Crippen LogP contribution is -2.23. The van der Waals surface area contributed by atoms with E-state index >= 15 is 0 Å². The second-order valence-corrected chi connectivity index (χ2v) is 1.70. The molecule has 0 aliphatic carbocycles. The first-order valence-electron chi connectivity index (χ1n) is 2.98. The van der Waals surface area contributed by atoms with Crippen LogP contribution in [0.15, 0.2) is 12.3 Å². The lowest BCUT2D eigenvalue weighted by atomic mass is 10.3. The fraction of sp³-hybridized carbons (Fsp3) is 0.500. The van der Waals surface area contributed by atoms with Gasteiger partial charge in [-0.3, -0.25) is 0 Å². The van der Waals surface area contributed by atoms with E-state index in [9.17, 15) is 4.79 Å². The second kappa shape index (κ2) is 5.15. The Balaban J connectivity index is 3.14. The topological polar surface area (TPSA) is 55.1 Å². The van der Waals surface area contributed by atoms with Gasteiger partial charge in [0, 0.05) is 6.20 Å². The summed E-state index contributed by atoms with van der Waals surface area (Å²) >= 11 is 0. The maximum Gasteiger partial charge on any atom is 0.316 e. The number of hydrogen-bond donors (Lipinski definition) is 2. The Labute approximate surface area is 54.9 Å². The summed E-state index contributed by atoms with van der Waals surface area (Å²) in [5.74, 6) is 0. The first-order valence-corrected chi connectivity index (χ1v) is 2.98. The molecular weight excluding hydrogens is 116 g/mol. The van der Waals surface area contributed by atoms with Crippen LogP contribution in [0, 0.1) is 0 Å².